The summed E-state index contributed by atoms with van der Waals surface area (Å²) in [6.07, 6.45) is -3.05. The molecule has 1 saturated carbocycles. The molecule has 0 aliphatic heterocycles. The first-order chi connectivity index (χ1) is 16.1. The fourth-order valence-corrected chi connectivity index (χ4v) is 4.06. The average Bonchev–Trinajstić information content (AvgIpc) is 3.63. The third kappa shape index (κ3) is 5.12. The van der Waals surface area contributed by atoms with E-state index in [9.17, 15) is 31.9 Å². The molecule has 1 aliphatic carbocycles. The molecule has 2 N–H and O–H groups in total. The maximum atomic E-state index is 13.7. The molecule has 1 aliphatic rings. The van der Waals surface area contributed by atoms with Crippen LogP contribution in [0.3, 0.4) is 0 Å². The summed E-state index contributed by atoms with van der Waals surface area (Å²) in [5, 5.41) is 12.6. The first-order valence-corrected chi connectivity index (χ1v) is 10.8. The number of rotatable bonds is 6. The molecular weight excluding hydrogens is 453 g/mol. The Morgan fingerprint density at radius 2 is 1.79 bits per heavy atom. The molecule has 0 spiro atoms. The molecule has 0 aromatic heterocycles. The van der Waals surface area contributed by atoms with Crippen molar-refractivity contribution in [1.82, 2.24) is 5.32 Å². The Kier molecular flexibility index (Phi) is 6.45. The molecule has 8 heteroatoms. The van der Waals surface area contributed by atoms with Crippen LogP contribution in [0.1, 0.15) is 51.5 Å². The smallest absolute Gasteiger partial charge is 0.392 e. The molecule has 1 amide bonds. The first-order valence-electron chi connectivity index (χ1n) is 10.8. The minimum absolute atomic E-state index is 0.0321. The number of aliphatic hydroxyl groups is 1. The van der Waals surface area contributed by atoms with E-state index in [0.717, 1.165) is 30.5 Å². The molecule has 34 heavy (non-hydrogen) atoms. The molecule has 0 radical (unpaired) electrons. The van der Waals surface area contributed by atoms with Gasteiger partial charge < -0.3 is 10.4 Å². The standard InChI is InChI=1S/C26H22F5NO2/c1-14-8-17(4-7-23(14)28)24(16-2-3-16)32-25(34)19-10-15(13-33)9-18(11-19)21-6-5-20(27)12-22(21)26(29,30)31/h4-12,16,24,33H,2-3,13H2,1H3,(H,32,34). The molecule has 3 aromatic carbocycles. The lowest BCUT2D eigenvalue weighted by Gasteiger charge is -2.20. The molecule has 178 valence electrons. The van der Waals surface area contributed by atoms with E-state index in [1.807, 2.05) is 0 Å². The van der Waals surface area contributed by atoms with Gasteiger partial charge in [0.15, 0.2) is 0 Å². The molecular formula is C26H22F5NO2. The van der Waals surface area contributed by atoms with E-state index in [4.69, 9.17) is 0 Å². The van der Waals surface area contributed by atoms with Gasteiger partial charge in [0.2, 0.25) is 0 Å². The molecule has 1 unspecified atom stereocenters. The van der Waals surface area contributed by atoms with Gasteiger partial charge >= 0.3 is 6.18 Å². The van der Waals surface area contributed by atoms with Gasteiger partial charge in [0, 0.05) is 5.56 Å². The van der Waals surface area contributed by atoms with Crippen LogP contribution in [-0.4, -0.2) is 11.0 Å². The second kappa shape index (κ2) is 9.18. The second-order valence-electron chi connectivity index (χ2n) is 8.56. The highest BCUT2D eigenvalue weighted by molar-refractivity contribution is 5.96. The van der Waals surface area contributed by atoms with E-state index in [1.54, 1.807) is 19.1 Å². The number of amides is 1. The number of hydrogen-bond acceptors (Lipinski definition) is 2. The zero-order chi connectivity index (χ0) is 24.6. The minimum Gasteiger partial charge on any atom is -0.392 e. The van der Waals surface area contributed by atoms with Gasteiger partial charge in [-0.15, -0.1) is 0 Å². The first kappa shape index (κ1) is 23.9. The van der Waals surface area contributed by atoms with Crippen LogP contribution in [0.5, 0.6) is 0 Å². The van der Waals surface area contributed by atoms with Crippen LogP contribution in [-0.2, 0) is 12.8 Å². The minimum atomic E-state index is -4.81. The van der Waals surface area contributed by atoms with Crippen LogP contribution in [0.4, 0.5) is 22.0 Å². The van der Waals surface area contributed by atoms with Crippen molar-refractivity contribution in [2.75, 3.05) is 0 Å². The largest absolute Gasteiger partial charge is 0.417 e. The lowest BCUT2D eigenvalue weighted by molar-refractivity contribution is -0.137. The summed E-state index contributed by atoms with van der Waals surface area (Å²) in [6.45, 7) is 1.13. The van der Waals surface area contributed by atoms with Gasteiger partial charge in [-0.05, 0) is 89.9 Å². The van der Waals surface area contributed by atoms with E-state index in [1.165, 1.54) is 24.3 Å². The van der Waals surface area contributed by atoms with E-state index in [2.05, 4.69) is 5.32 Å². The Morgan fingerprint density at radius 3 is 2.41 bits per heavy atom. The predicted octanol–water partition coefficient (Wildman–Crippen LogP) is 6.33. The fourth-order valence-electron chi connectivity index (χ4n) is 4.06. The van der Waals surface area contributed by atoms with Crippen molar-refractivity contribution in [3.05, 3.63) is 94.0 Å². The molecule has 3 aromatic rings. The summed E-state index contributed by atoms with van der Waals surface area (Å²) in [5.41, 5.74) is 0.0377. The monoisotopic (exact) mass is 475 g/mol. The molecule has 0 bridgehead atoms. The van der Waals surface area contributed by atoms with Crippen molar-refractivity contribution >= 4 is 5.91 Å². The normalized spacial score (nSPS) is 14.7. The summed E-state index contributed by atoms with van der Waals surface area (Å²) in [4.78, 5) is 13.2. The van der Waals surface area contributed by atoms with Gasteiger partial charge in [0.1, 0.15) is 11.6 Å². The van der Waals surface area contributed by atoms with Crippen LogP contribution in [0, 0.1) is 24.5 Å². The third-order valence-electron chi connectivity index (χ3n) is 5.96. The number of halogens is 5. The van der Waals surface area contributed by atoms with E-state index in [0.29, 0.717) is 11.6 Å². The van der Waals surface area contributed by atoms with Gasteiger partial charge in [-0.3, -0.25) is 4.79 Å². The molecule has 3 nitrogen and oxygen atoms in total. The Labute approximate surface area is 193 Å². The summed E-state index contributed by atoms with van der Waals surface area (Å²) in [7, 11) is 0. The van der Waals surface area contributed by atoms with Crippen molar-refractivity contribution in [1.29, 1.82) is 0 Å². The number of carbonyl (C=O) groups is 1. The summed E-state index contributed by atoms with van der Waals surface area (Å²) in [5.74, 6) is -1.76. The maximum Gasteiger partial charge on any atom is 0.417 e. The summed E-state index contributed by atoms with van der Waals surface area (Å²) >= 11 is 0. The van der Waals surface area contributed by atoms with Crippen molar-refractivity contribution in [3.63, 3.8) is 0 Å². The van der Waals surface area contributed by atoms with Crippen LogP contribution < -0.4 is 5.32 Å². The van der Waals surface area contributed by atoms with Crippen molar-refractivity contribution in [2.24, 2.45) is 5.92 Å². The highest BCUT2D eigenvalue weighted by Crippen LogP contribution is 2.42. The van der Waals surface area contributed by atoms with Gasteiger partial charge in [-0.25, -0.2) is 8.78 Å². The molecule has 0 saturated heterocycles. The maximum absolute atomic E-state index is 13.7. The highest BCUT2D eigenvalue weighted by atomic mass is 19.4. The van der Waals surface area contributed by atoms with Crippen molar-refractivity contribution in [2.45, 2.75) is 38.6 Å². The Hall–Kier alpha value is -3.26. The average molecular weight is 475 g/mol. The third-order valence-corrected chi connectivity index (χ3v) is 5.96. The summed E-state index contributed by atoms with van der Waals surface area (Å²) < 4.78 is 67.9. The number of aryl methyl sites for hydroxylation is 1. The van der Waals surface area contributed by atoms with Crippen LogP contribution >= 0.6 is 0 Å². The molecule has 1 atom stereocenters. The Bertz CT molecular complexity index is 1230. The number of nitrogens with one attached hydrogen (secondary N) is 1. The number of alkyl halides is 3. The van der Waals surface area contributed by atoms with Crippen LogP contribution in [0.25, 0.3) is 11.1 Å². The molecule has 0 heterocycles. The Morgan fingerprint density at radius 1 is 1.06 bits per heavy atom. The number of hydrogen-bond donors (Lipinski definition) is 2. The van der Waals surface area contributed by atoms with Crippen LogP contribution in [0.2, 0.25) is 0 Å². The number of carbonyl (C=O) groups excluding carboxylic acids is 1. The number of benzene rings is 3. The lowest BCUT2D eigenvalue weighted by Crippen LogP contribution is -2.30. The van der Waals surface area contributed by atoms with Gasteiger partial charge in [0.25, 0.3) is 5.91 Å². The fraction of sp³-hybridized carbons (Fsp3) is 0.269. The summed E-state index contributed by atoms with van der Waals surface area (Å²) in [6, 6.07) is 10.6. The van der Waals surface area contributed by atoms with Crippen molar-refractivity contribution in [3.8, 4) is 11.1 Å². The highest BCUT2D eigenvalue weighted by Gasteiger charge is 2.35. The second-order valence-corrected chi connectivity index (χ2v) is 8.56. The zero-order valence-corrected chi connectivity index (χ0v) is 18.2. The molecule has 4 rings (SSSR count). The van der Waals surface area contributed by atoms with Gasteiger partial charge in [0.05, 0.1) is 18.2 Å². The van der Waals surface area contributed by atoms with Gasteiger partial charge in [-0.2, -0.15) is 13.2 Å². The molecule has 1 fully saturated rings. The lowest BCUT2D eigenvalue weighted by atomic mass is 9.94. The predicted molar refractivity (Wildman–Crippen MR) is 117 cm³/mol. The van der Waals surface area contributed by atoms with Crippen LogP contribution in [0.15, 0.2) is 54.6 Å². The zero-order valence-electron chi connectivity index (χ0n) is 18.2. The topological polar surface area (TPSA) is 49.3 Å². The Balaban J connectivity index is 1.71. The van der Waals surface area contributed by atoms with E-state index < -0.39 is 30.1 Å². The van der Waals surface area contributed by atoms with Crippen molar-refractivity contribution < 1.29 is 31.9 Å². The number of aliphatic hydroxyl groups excluding tert-OH is 1. The quantitative estimate of drug-likeness (QED) is 0.409. The SMILES string of the molecule is Cc1cc(C(NC(=O)c2cc(CO)cc(-c3ccc(F)cc3C(F)(F)F)c2)C2CC2)ccc1F. The van der Waals surface area contributed by atoms with E-state index in [-0.39, 0.29) is 40.0 Å². The van der Waals surface area contributed by atoms with E-state index >= 15 is 0 Å². The van der Waals surface area contributed by atoms with Gasteiger partial charge in [-0.1, -0.05) is 18.2 Å².